The van der Waals surface area contributed by atoms with Crippen molar-refractivity contribution in [1.29, 1.82) is 5.26 Å². The number of hydrogen-bond donors (Lipinski definition) is 1. The molecule has 0 saturated carbocycles. The van der Waals surface area contributed by atoms with Crippen LogP contribution in [0.5, 0.6) is 0 Å². The summed E-state index contributed by atoms with van der Waals surface area (Å²) in [5, 5.41) is 25.8. The summed E-state index contributed by atoms with van der Waals surface area (Å²) in [5.41, 5.74) is 4.71. The van der Waals surface area contributed by atoms with Crippen LogP contribution in [0.25, 0.3) is 11.4 Å². The van der Waals surface area contributed by atoms with Gasteiger partial charge in [-0.2, -0.15) is 5.26 Å². The van der Waals surface area contributed by atoms with E-state index in [0.717, 1.165) is 61.0 Å². The minimum atomic E-state index is -0.109. The summed E-state index contributed by atoms with van der Waals surface area (Å²) in [5.74, 6) is 2.36. The van der Waals surface area contributed by atoms with Crippen molar-refractivity contribution in [3.05, 3.63) is 31.8 Å². The Balaban J connectivity index is 1.30. The van der Waals surface area contributed by atoms with Crippen LogP contribution >= 0.6 is 34.4 Å². The van der Waals surface area contributed by atoms with E-state index in [4.69, 9.17) is 0 Å². The lowest BCUT2D eigenvalue weighted by atomic mass is 9.69. The van der Waals surface area contributed by atoms with E-state index >= 15 is 0 Å². The van der Waals surface area contributed by atoms with Gasteiger partial charge in [-0.1, -0.05) is 45.9 Å². The van der Waals surface area contributed by atoms with Gasteiger partial charge in [0.05, 0.1) is 11.3 Å². The van der Waals surface area contributed by atoms with Crippen LogP contribution in [-0.4, -0.2) is 26.4 Å². The smallest absolute Gasteiger partial charge is 0.235 e. The Morgan fingerprint density at radius 2 is 2.00 bits per heavy atom. The molecule has 2 aliphatic rings. The molecule has 6 nitrogen and oxygen atoms in total. The van der Waals surface area contributed by atoms with Crippen LogP contribution in [0, 0.1) is 28.6 Å². The molecule has 0 fully saturated rings. The maximum Gasteiger partial charge on any atom is 0.235 e. The minimum absolute atomic E-state index is 0.109. The lowest BCUT2D eigenvalue weighted by molar-refractivity contribution is -0.113. The molecule has 0 saturated heterocycles. The molecule has 208 valence electrons. The van der Waals surface area contributed by atoms with E-state index in [9.17, 15) is 10.1 Å². The first-order valence-electron chi connectivity index (χ1n) is 14.1. The Bertz CT molecular complexity index is 1410. The number of anilines is 1. The number of nitrogens with zero attached hydrogens (tertiary/aromatic N) is 4. The number of hydrogen-bond acceptors (Lipinski definition) is 7. The highest BCUT2D eigenvalue weighted by Crippen LogP contribution is 2.45. The van der Waals surface area contributed by atoms with E-state index in [-0.39, 0.29) is 23.1 Å². The van der Waals surface area contributed by atoms with Gasteiger partial charge in [-0.15, -0.1) is 32.9 Å². The quantitative estimate of drug-likeness (QED) is 0.273. The van der Waals surface area contributed by atoms with Gasteiger partial charge in [0.1, 0.15) is 11.1 Å². The number of amides is 1. The van der Waals surface area contributed by atoms with Gasteiger partial charge in [0.25, 0.3) is 0 Å². The van der Waals surface area contributed by atoms with Crippen LogP contribution in [0.1, 0.15) is 93.3 Å². The van der Waals surface area contributed by atoms with E-state index in [1.54, 1.807) is 11.3 Å². The summed E-state index contributed by atoms with van der Waals surface area (Å²) in [6, 6.07) is 2.56. The minimum Gasteiger partial charge on any atom is -0.316 e. The average Bonchev–Trinajstić information content (AvgIpc) is 3.60. The van der Waals surface area contributed by atoms with Crippen molar-refractivity contribution in [3.63, 3.8) is 0 Å². The van der Waals surface area contributed by atoms with Crippen molar-refractivity contribution < 1.29 is 4.79 Å². The molecular formula is C30H39N5OS3. The monoisotopic (exact) mass is 581 g/mol. The zero-order chi connectivity index (χ0) is 27.9. The van der Waals surface area contributed by atoms with E-state index in [2.05, 4.69) is 73.1 Å². The molecule has 1 N–H and O–H groups in total. The highest BCUT2D eigenvalue weighted by Gasteiger charge is 2.34. The van der Waals surface area contributed by atoms with Gasteiger partial charge in [0, 0.05) is 26.7 Å². The molecule has 5 rings (SSSR count). The summed E-state index contributed by atoms with van der Waals surface area (Å²) in [6.07, 6.45) is 7.59. The first-order valence-corrected chi connectivity index (χ1v) is 16.8. The predicted molar refractivity (Wildman–Crippen MR) is 163 cm³/mol. The zero-order valence-corrected chi connectivity index (χ0v) is 26.3. The molecule has 0 bridgehead atoms. The van der Waals surface area contributed by atoms with Gasteiger partial charge in [0.2, 0.25) is 5.91 Å². The number of fused-ring (bicyclic) bond motifs is 2. The Morgan fingerprint density at radius 3 is 2.72 bits per heavy atom. The third kappa shape index (κ3) is 5.57. The number of nitriles is 1. The van der Waals surface area contributed by atoms with Crippen LogP contribution < -0.4 is 5.32 Å². The third-order valence-electron chi connectivity index (χ3n) is 8.80. The highest BCUT2D eigenvalue weighted by atomic mass is 32.2. The fourth-order valence-electron chi connectivity index (χ4n) is 5.93. The van der Waals surface area contributed by atoms with Crippen molar-refractivity contribution in [2.75, 3.05) is 11.1 Å². The van der Waals surface area contributed by atoms with Crippen molar-refractivity contribution in [2.45, 2.75) is 97.7 Å². The van der Waals surface area contributed by atoms with Gasteiger partial charge >= 0.3 is 0 Å². The molecule has 0 aromatic carbocycles. The Hall–Kier alpha value is -2.15. The first-order chi connectivity index (χ1) is 18.6. The molecule has 0 aliphatic heterocycles. The second-order valence-electron chi connectivity index (χ2n) is 12.1. The second-order valence-corrected chi connectivity index (χ2v) is 15.1. The normalized spacial score (nSPS) is 19.0. The number of carbonyl (C=O) groups excluding carboxylic acids is 1. The van der Waals surface area contributed by atoms with E-state index < -0.39 is 0 Å². The van der Waals surface area contributed by atoms with Gasteiger partial charge < -0.3 is 5.32 Å². The van der Waals surface area contributed by atoms with Crippen molar-refractivity contribution in [1.82, 2.24) is 14.8 Å². The number of thioether (sulfide) groups is 1. The van der Waals surface area contributed by atoms with Gasteiger partial charge in [-0.3, -0.25) is 9.36 Å². The largest absolute Gasteiger partial charge is 0.316 e. The average molecular weight is 582 g/mol. The molecule has 2 atom stereocenters. The van der Waals surface area contributed by atoms with Crippen LogP contribution in [0.15, 0.2) is 10.5 Å². The summed E-state index contributed by atoms with van der Waals surface area (Å²) in [4.78, 5) is 15.8. The molecule has 1 amide bonds. The SMILES string of the molecule is CCC(C)(C)C1CCc2c(sc(NC(=O)CSc3nnc(-c4csc5c4CCC(C)C5)n3C(C)C)c2C#N)C1. The molecule has 0 spiro atoms. The molecule has 2 unspecified atom stereocenters. The Kier molecular flexibility index (Phi) is 8.28. The van der Waals surface area contributed by atoms with Crippen LogP contribution in [-0.2, 0) is 30.5 Å². The van der Waals surface area contributed by atoms with Crippen LogP contribution in [0.3, 0.4) is 0 Å². The lowest BCUT2D eigenvalue weighted by Gasteiger charge is -2.36. The molecule has 3 aromatic heterocycles. The third-order valence-corrected chi connectivity index (χ3v) is 12.0. The van der Waals surface area contributed by atoms with Crippen molar-refractivity contribution in [2.24, 2.45) is 17.3 Å². The number of rotatable bonds is 8. The summed E-state index contributed by atoms with van der Waals surface area (Å²) >= 11 is 4.85. The maximum atomic E-state index is 13.1. The van der Waals surface area contributed by atoms with E-state index in [1.807, 2.05) is 11.3 Å². The summed E-state index contributed by atoms with van der Waals surface area (Å²) in [6.45, 7) is 13.5. The second kappa shape index (κ2) is 11.4. The summed E-state index contributed by atoms with van der Waals surface area (Å²) < 4.78 is 2.17. The van der Waals surface area contributed by atoms with E-state index in [1.165, 1.54) is 39.1 Å². The Morgan fingerprint density at radius 1 is 1.23 bits per heavy atom. The molecule has 39 heavy (non-hydrogen) atoms. The number of thiophene rings is 2. The fourth-order valence-corrected chi connectivity index (χ4v) is 9.33. The summed E-state index contributed by atoms with van der Waals surface area (Å²) in [7, 11) is 0. The number of nitrogens with one attached hydrogen (secondary N) is 1. The zero-order valence-electron chi connectivity index (χ0n) is 23.9. The number of carbonyl (C=O) groups is 1. The Labute approximate surface area is 244 Å². The molecule has 3 aromatic rings. The van der Waals surface area contributed by atoms with Crippen LogP contribution in [0.2, 0.25) is 0 Å². The molecule has 3 heterocycles. The van der Waals surface area contributed by atoms with Crippen molar-refractivity contribution >= 4 is 45.3 Å². The molecule has 9 heteroatoms. The van der Waals surface area contributed by atoms with Crippen molar-refractivity contribution in [3.8, 4) is 17.5 Å². The predicted octanol–water partition coefficient (Wildman–Crippen LogP) is 7.92. The lowest BCUT2D eigenvalue weighted by Crippen LogP contribution is -2.28. The van der Waals surface area contributed by atoms with Gasteiger partial charge in [0.15, 0.2) is 11.0 Å². The number of aromatic nitrogens is 3. The van der Waals surface area contributed by atoms with Crippen LogP contribution in [0.4, 0.5) is 5.00 Å². The van der Waals surface area contributed by atoms with E-state index in [0.29, 0.717) is 16.5 Å². The topological polar surface area (TPSA) is 83.6 Å². The highest BCUT2D eigenvalue weighted by molar-refractivity contribution is 7.99. The molecule has 2 aliphatic carbocycles. The van der Waals surface area contributed by atoms with Gasteiger partial charge in [-0.25, -0.2) is 0 Å². The first kappa shape index (κ1) is 28.4. The molecular weight excluding hydrogens is 543 g/mol. The maximum absolute atomic E-state index is 13.1. The standard InChI is InChI=1S/C30H39N5OS3/c1-7-30(5,6)19-9-11-20-22(14-31)28(39-25(20)13-19)32-26(36)16-38-29-34-33-27(35(29)17(2)3)23-15-37-24-12-18(4)8-10-21(23)24/h15,17-19H,7-13,16H2,1-6H3,(H,32,36). The van der Waals surface area contributed by atoms with Gasteiger partial charge in [-0.05, 0) is 80.8 Å². The fraction of sp³-hybridized carbons (Fsp3) is 0.600. The molecule has 0 radical (unpaired) electrons.